The van der Waals surface area contributed by atoms with Crippen LogP contribution >= 0.6 is 0 Å². The first kappa shape index (κ1) is 11.3. The van der Waals surface area contributed by atoms with Crippen LogP contribution in [0.2, 0.25) is 0 Å². The van der Waals surface area contributed by atoms with E-state index in [1.54, 1.807) is 0 Å². The number of hydrogen-bond acceptors (Lipinski definition) is 3. The SMILES string of the molecule is OC[C@@H]1C=C[C@@H](COCc2ccccc2)N1. The summed E-state index contributed by atoms with van der Waals surface area (Å²) in [5.41, 5.74) is 1.18. The van der Waals surface area contributed by atoms with E-state index in [2.05, 4.69) is 17.4 Å². The lowest BCUT2D eigenvalue weighted by atomic mass is 10.2. The lowest BCUT2D eigenvalue weighted by Crippen LogP contribution is -2.35. The second-order valence-electron chi connectivity index (χ2n) is 3.95. The molecule has 0 radical (unpaired) electrons. The average molecular weight is 219 g/mol. The van der Waals surface area contributed by atoms with E-state index in [0.29, 0.717) is 13.2 Å². The highest BCUT2D eigenvalue weighted by molar-refractivity contribution is 5.13. The van der Waals surface area contributed by atoms with Crippen LogP contribution < -0.4 is 5.32 Å². The van der Waals surface area contributed by atoms with Gasteiger partial charge < -0.3 is 15.2 Å². The van der Waals surface area contributed by atoms with Crippen molar-refractivity contribution in [2.75, 3.05) is 13.2 Å². The lowest BCUT2D eigenvalue weighted by Gasteiger charge is -2.13. The molecule has 2 N–H and O–H groups in total. The zero-order valence-electron chi connectivity index (χ0n) is 9.17. The predicted molar refractivity (Wildman–Crippen MR) is 63.0 cm³/mol. The molecule has 2 atom stereocenters. The van der Waals surface area contributed by atoms with Gasteiger partial charge in [0.05, 0.1) is 19.8 Å². The molecule has 0 fully saturated rings. The van der Waals surface area contributed by atoms with Gasteiger partial charge in [-0.15, -0.1) is 0 Å². The van der Waals surface area contributed by atoms with Crippen LogP contribution in [0.1, 0.15) is 5.56 Å². The van der Waals surface area contributed by atoms with Gasteiger partial charge in [0.1, 0.15) is 0 Å². The predicted octanol–water partition coefficient (Wildman–Crippen LogP) is 1.09. The number of hydrogen-bond donors (Lipinski definition) is 2. The maximum absolute atomic E-state index is 8.93. The minimum atomic E-state index is 0.0883. The van der Waals surface area contributed by atoms with E-state index in [0.717, 1.165) is 0 Å². The molecule has 0 bridgehead atoms. The van der Waals surface area contributed by atoms with Crippen molar-refractivity contribution >= 4 is 0 Å². The summed E-state index contributed by atoms with van der Waals surface area (Å²) in [6.07, 6.45) is 4.03. The average Bonchev–Trinajstić information content (AvgIpc) is 2.78. The maximum Gasteiger partial charge on any atom is 0.0717 e. The normalized spacial score (nSPS) is 23.8. The number of aliphatic hydroxyl groups excluding tert-OH is 1. The third-order valence-electron chi connectivity index (χ3n) is 2.61. The molecule has 0 saturated heterocycles. The van der Waals surface area contributed by atoms with E-state index in [9.17, 15) is 0 Å². The van der Waals surface area contributed by atoms with Crippen LogP contribution in [0, 0.1) is 0 Å². The summed E-state index contributed by atoms with van der Waals surface area (Å²) >= 11 is 0. The first-order chi connectivity index (χ1) is 7.88. The number of aliphatic hydroxyl groups is 1. The van der Waals surface area contributed by atoms with Crippen LogP contribution in [0.25, 0.3) is 0 Å². The molecular formula is C13H17NO2. The van der Waals surface area contributed by atoms with E-state index in [1.807, 2.05) is 30.4 Å². The van der Waals surface area contributed by atoms with Crippen LogP contribution in [0.5, 0.6) is 0 Å². The molecule has 1 aromatic carbocycles. The third kappa shape index (κ3) is 3.17. The molecule has 1 aliphatic rings. The zero-order valence-corrected chi connectivity index (χ0v) is 9.17. The van der Waals surface area contributed by atoms with E-state index in [4.69, 9.17) is 9.84 Å². The van der Waals surface area contributed by atoms with Crippen LogP contribution in [0.3, 0.4) is 0 Å². The van der Waals surface area contributed by atoms with Crippen molar-refractivity contribution in [3.8, 4) is 0 Å². The topological polar surface area (TPSA) is 41.5 Å². The van der Waals surface area contributed by atoms with Gasteiger partial charge in [-0.3, -0.25) is 0 Å². The summed E-state index contributed by atoms with van der Waals surface area (Å²) in [6.45, 7) is 1.42. The molecule has 1 aliphatic heterocycles. The van der Waals surface area contributed by atoms with Crippen LogP contribution in [-0.4, -0.2) is 30.4 Å². The van der Waals surface area contributed by atoms with Crippen molar-refractivity contribution in [1.82, 2.24) is 5.32 Å². The van der Waals surface area contributed by atoms with Gasteiger partial charge in [-0.1, -0.05) is 42.5 Å². The minimum Gasteiger partial charge on any atom is -0.394 e. The van der Waals surface area contributed by atoms with Crippen LogP contribution in [-0.2, 0) is 11.3 Å². The van der Waals surface area contributed by atoms with E-state index in [-0.39, 0.29) is 18.7 Å². The Kier molecular flexibility index (Phi) is 4.10. The zero-order chi connectivity index (χ0) is 11.2. The van der Waals surface area contributed by atoms with Crippen molar-refractivity contribution in [2.24, 2.45) is 0 Å². The van der Waals surface area contributed by atoms with Crippen molar-refractivity contribution in [3.63, 3.8) is 0 Å². The Balaban J connectivity index is 1.68. The fourth-order valence-corrected chi connectivity index (χ4v) is 1.75. The van der Waals surface area contributed by atoms with E-state index < -0.39 is 0 Å². The highest BCUT2D eigenvalue weighted by Gasteiger charge is 2.16. The first-order valence-electron chi connectivity index (χ1n) is 5.55. The molecule has 3 heteroatoms. The second kappa shape index (κ2) is 5.80. The summed E-state index contributed by atoms with van der Waals surface area (Å²) in [7, 11) is 0. The standard InChI is InChI=1S/C13H17NO2/c15-8-12-6-7-13(14-12)10-16-9-11-4-2-1-3-5-11/h1-7,12-15H,8-10H2/t12-,13-/m0/s1. The van der Waals surface area contributed by atoms with Crippen LogP contribution in [0.15, 0.2) is 42.5 Å². The second-order valence-corrected chi connectivity index (χ2v) is 3.95. The lowest BCUT2D eigenvalue weighted by molar-refractivity contribution is 0.107. The van der Waals surface area contributed by atoms with Gasteiger partial charge in [0.15, 0.2) is 0 Å². The Labute approximate surface area is 95.7 Å². The number of benzene rings is 1. The maximum atomic E-state index is 8.93. The fourth-order valence-electron chi connectivity index (χ4n) is 1.75. The van der Waals surface area contributed by atoms with Crippen molar-refractivity contribution in [2.45, 2.75) is 18.7 Å². The Bertz CT molecular complexity index is 337. The Morgan fingerprint density at radius 3 is 2.56 bits per heavy atom. The first-order valence-corrected chi connectivity index (χ1v) is 5.55. The van der Waals surface area contributed by atoms with Gasteiger partial charge in [0.2, 0.25) is 0 Å². The Morgan fingerprint density at radius 2 is 1.88 bits per heavy atom. The molecule has 0 aliphatic carbocycles. The van der Waals surface area contributed by atoms with Gasteiger partial charge in [-0.25, -0.2) is 0 Å². The van der Waals surface area contributed by atoms with Gasteiger partial charge in [0, 0.05) is 12.1 Å². The van der Waals surface area contributed by atoms with Gasteiger partial charge in [-0.05, 0) is 5.56 Å². The molecule has 86 valence electrons. The molecule has 0 unspecified atom stereocenters. The largest absolute Gasteiger partial charge is 0.394 e. The molecule has 0 aromatic heterocycles. The molecule has 16 heavy (non-hydrogen) atoms. The highest BCUT2D eigenvalue weighted by atomic mass is 16.5. The minimum absolute atomic E-state index is 0.0883. The highest BCUT2D eigenvalue weighted by Crippen LogP contribution is 2.05. The quantitative estimate of drug-likeness (QED) is 0.728. The smallest absolute Gasteiger partial charge is 0.0717 e. The molecule has 0 amide bonds. The molecular weight excluding hydrogens is 202 g/mol. The number of rotatable bonds is 5. The van der Waals surface area contributed by atoms with Gasteiger partial charge >= 0.3 is 0 Å². The molecule has 1 aromatic rings. The monoisotopic (exact) mass is 219 g/mol. The van der Waals surface area contributed by atoms with Crippen molar-refractivity contribution in [1.29, 1.82) is 0 Å². The molecule has 2 rings (SSSR count). The number of ether oxygens (including phenoxy) is 1. The summed E-state index contributed by atoms with van der Waals surface area (Å²) in [6, 6.07) is 10.4. The molecule has 0 spiro atoms. The summed E-state index contributed by atoms with van der Waals surface area (Å²) in [5.74, 6) is 0. The summed E-state index contributed by atoms with van der Waals surface area (Å²) < 4.78 is 5.60. The fraction of sp³-hybridized carbons (Fsp3) is 0.385. The Hall–Kier alpha value is -1.16. The molecule has 0 saturated carbocycles. The van der Waals surface area contributed by atoms with Gasteiger partial charge in [-0.2, -0.15) is 0 Å². The van der Waals surface area contributed by atoms with Crippen molar-refractivity contribution in [3.05, 3.63) is 48.0 Å². The van der Waals surface area contributed by atoms with E-state index >= 15 is 0 Å². The van der Waals surface area contributed by atoms with Crippen molar-refractivity contribution < 1.29 is 9.84 Å². The van der Waals surface area contributed by atoms with Gasteiger partial charge in [0.25, 0.3) is 0 Å². The summed E-state index contributed by atoms with van der Waals surface area (Å²) in [5, 5.41) is 12.2. The number of nitrogens with one attached hydrogen (secondary N) is 1. The molecule has 1 heterocycles. The van der Waals surface area contributed by atoms with Crippen LogP contribution in [0.4, 0.5) is 0 Å². The third-order valence-corrected chi connectivity index (χ3v) is 2.61. The molecule has 3 nitrogen and oxygen atoms in total. The summed E-state index contributed by atoms with van der Waals surface area (Å²) in [4.78, 5) is 0. The van der Waals surface area contributed by atoms with E-state index in [1.165, 1.54) is 5.56 Å². The Morgan fingerprint density at radius 1 is 1.12 bits per heavy atom.